The van der Waals surface area contributed by atoms with Crippen LogP contribution in [0, 0.1) is 17.0 Å². The second kappa shape index (κ2) is 10.8. The Bertz CT molecular complexity index is 1940. The molecule has 3 aromatic rings. The number of carbonyl (C=O) groups excluding carboxylic acids is 1. The summed E-state index contributed by atoms with van der Waals surface area (Å²) in [4.78, 5) is 31.5. The fourth-order valence-corrected chi connectivity index (χ4v) is 7.77. The zero-order chi connectivity index (χ0) is 35.6. The summed E-state index contributed by atoms with van der Waals surface area (Å²) in [5.41, 5.74) is -4.70. The first-order valence-electron chi connectivity index (χ1n) is 14.0. The maximum Gasteiger partial charge on any atom is 0.417 e. The molecule has 1 amide bonds. The molecule has 3 aliphatic heterocycles. The van der Waals surface area contributed by atoms with Crippen molar-refractivity contribution >= 4 is 97.2 Å². The van der Waals surface area contributed by atoms with Gasteiger partial charge in [0.25, 0.3) is 0 Å². The highest BCUT2D eigenvalue weighted by atomic mass is 32.2. The molecule has 3 aliphatic rings. The molecule has 0 N–H and O–H groups in total. The minimum absolute atomic E-state index is 0.0872. The second-order valence-corrected chi connectivity index (χ2v) is 13.2. The number of anilines is 1. The van der Waals surface area contributed by atoms with Crippen LogP contribution in [-0.4, -0.2) is 123 Å². The normalized spacial score (nSPS) is 21.8. The van der Waals surface area contributed by atoms with E-state index in [0.717, 1.165) is 28.5 Å². The van der Waals surface area contributed by atoms with E-state index in [-0.39, 0.29) is 35.9 Å². The van der Waals surface area contributed by atoms with Crippen LogP contribution in [0.5, 0.6) is 0 Å². The molecule has 48 heavy (non-hydrogen) atoms. The van der Waals surface area contributed by atoms with E-state index < -0.39 is 84.1 Å². The van der Waals surface area contributed by atoms with Gasteiger partial charge in [0.05, 0.1) is 87.1 Å². The maximum absolute atomic E-state index is 15.3. The van der Waals surface area contributed by atoms with Crippen LogP contribution in [0.4, 0.5) is 27.8 Å². The van der Waals surface area contributed by atoms with Crippen molar-refractivity contribution in [1.29, 1.82) is 0 Å². The molecule has 16 radical (unpaired) electrons. The van der Waals surface area contributed by atoms with Crippen molar-refractivity contribution in [2.45, 2.75) is 39.0 Å². The van der Waals surface area contributed by atoms with Crippen LogP contribution in [0.2, 0.25) is 0 Å². The van der Waals surface area contributed by atoms with Gasteiger partial charge in [0.2, 0.25) is 5.91 Å². The number of thioether (sulfide) groups is 1. The molecule has 1 aromatic heterocycles. The lowest BCUT2D eigenvalue weighted by atomic mass is 9.26. The molecular formula is C27H15B8F5N4O3S. The maximum atomic E-state index is 15.3. The molecule has 6 rings (SSSR count). The lowest BCUT2D eigenvalue weighted by Gasteiger charge is -2.75. The molecule has 2 aromatic carbocycles. The summed E-state index contributed by atoms with van der Waals surface area (Å²) in [6.45, 7) is 3.52. The van der Waals surface area contributed by atoms with Crippen LogP contribution in [0.3, 0.4) is 0 Å². The highest BCUT2D eigenvalue weighted by Gasteiger charge is 2.62. The third-order valence-corrected chi connectivity index (χ3v) is 10.3. The molecule has 0 atom stereocenters. The lowest BCUT2D eigenvalue weighted by molar-refractivity contribution is -0.137. The second-order valence-electron chi connectivity index (χ2n) is 12.2. The number of amides is 1. The number of hydrogen-bond acceptors (Lipinski definition) is 6. The third-order valence-electron chi connectivity index (χ3n) is 8.91. The van der Waals surface area contributed by atoms with Crippen LogP contribution in [0.1, 0.15) is 5.56 Å². The van der Waals surface area contributed by atoms with Crippen molar-refractivity contribution in [3.63, 3.8) is 0 Å². The Morgan fingerprint density at radius 2 is 1.58 bits per heavy atom. The molecule has 0 unspecified atom stereocenters. The van der Waals surface area contributed by atoms with Crippen LogP contribution in [0.15, 0.2) is 46.6 Å². The summed E-state index contributed by atoms with van der Waals surface area (Å²) < 4.78 is 81.0. The van der Waals surface area contributed by atoms with E-state index in [2.05, 4.69) is 11.6 Å². The number of rotatable bonds is 3. The van der Waals surface area contributed by atoms with Gasteiger partial charge in [-0.05, 0) is 45.6 Å². The number of piperazine rings is 1. The number of halogens is 5. The van der Waals surface area contributed by atoms with E-state index in [1.165, 1.54) is 0 Å². The predicted octanol–water partition coefficient (Wildman–Crippen LogP) is 0.281. The monoisotopic (exact) mass is 658 g/mol. The quantitative estimate of drug-likeness (QED) is 0.230. The summed E-state index contributed by atoms with van der Waals surface area (Å²) in [7, 11) is 50.9. The van der Waals surface area contributed by atoms with Crippen LogP contribution in [-0.2, 0) is 22.3 Å². The Morgan fingerprint density at radius 3 is 2.08 bits per heavy atom. The smallest absolute Gasteiger partial charge is 0.380 e. The lowest BCUT2D eigenvalue weighted by Crippen LogP contribution is -2.93. The van der Waals surface area contributed by atoms with Crippen molar-refractivity contribution in [2.24, 2.45) is 5.41 Å². The fourth-order valence-electron chi connectivity index (χ4n) is 6.34. The van der Waals surface area contributed by atoms with Crippen molar-refractivity contribution in [3.8, 4) is 11.1 Å². The molecule has 4 heterocycles. The molecular weight excluding hydrogens is 642 g/mol. The molecule has 0 aliphatic carbocycles. The van der Waals surface area contributed by atoms with E-state index in [1.807, 2.05) is 0 Å². The van der Waals surface area contributed by atoms with Crippen molar-refractivity contribution in [3.05, 3.63) is 64.6 Å². The van der Waals surface area contributed by atoms with Gasteiger partial charge < -0.3 is 14.5 Å². The molecule has 2 fully saturated rings. The molecule has 2 saturated heterocycles. The van der Waals surface area contributed by atoms with Gasteiger partial charge in [-0.25, -0.2) is 13.6 Å². The molecule has 0 bridgehead atoms. The third kappa shape index (κ3) is 4.72. The average molecular weight is 657 g/mol. The highest BCUT2D eigenvalue weighted by molar-refractivity contribution is 7.99. The number of benzene rings is 2. The Kier molecular flexibility index (Phi) is 7.84. The summed E-state index contributed by atoms with van der Waals surface area (Å²) in [6.07, 6.45) is -4.50. The number of hydrogen-bond donors (Lipinski definition) is 0. The van der Waals surface area contributed by atoms with E-state index >= 15 is 17.6 Å². The summed E-state index contributed by atoms with van der Waals surface area (Å²) >= 11 is 0.886. The summed E-state index contributed by atoms with van der Waals surface area (Å²) in [5.74, 6) is -4.15. The SMILES string of the molecule is [B]C1([B])N(C(=O)C=C)C([B])([B])C([B])([B])N(c2nc(=O)n3c4c(c(-c5ccc(F)cc5F)c(C(F)(F)F)cc24)SCC2(COC2)C3)C1([B])[B]. The van der Waals surface area contributed by atoms with Crippen LogP contribution in [0.25, 0.3) is 22.0 Å². The molecule has 0 saturated carbocycles. The standard InChI is InChI=1S/C27H15B8F5N4O3S/c1-2-16(45)43-24(28,29)26(32,33)44(27(34,35)25(43,30)31)20-13-6-14(23(38,39)40)17(12-4-3-11(36)5-15(12)37)19-18(13)42(21(46)41-20)7-22(10-48-19)8-47-9-22/h2-6H,1,7-10H2. The zero-order valence-electron chi connectivity index (χ0n) is 24.9. The van der Waals surface area contributed by atoms with Crippen molar-refractivity contribution in [2.75, 3.05) is 23.9 Å². The minimum atomic E-state index is -5.19. The first-order chi connectivity index (χ1) is 22.0. The fraction of sp³-hybridized carbons (Fsp3) is 0.370. The van der Waals surface area contributed by atoms with Gasteiger partial charge in [0.15, 0.2) is 0 Å². The molecule has 226 valence electrons. The van der Waals surface area contributed by atoms with Gasteiger partial charge in [-0.1, -0.05) is 6.58 Å². The zero-order valence-corrected chi connectivity index (χ0v) is 25.7. The van der Waals surface area contributed by atoms with Gasteiger partial charge in [-0.3, -0.25) is 9.36 Å². The number of carbonyl (C=O) groups is 1. The van der Waals surface area contributed by atoms with Gasteiger partial charge >= 0.3 is 11.9 Å². The molecule has 7 nitrogen and oxygen atoms in total. The summed E-state index contributed by atoms with van der Waals surface area (Å²) in [6, 6.07) is 2.64. The average Bonchev–Trinajstić information content (AvgIpc) is 3.13. The number of nitrogens with zero attached hydrogens (tertiary/aromatic N) is 4. The van der Waals surface area contributed by atoms with Gasteiger partial charge in [0, 0.05) is 45.2 Å². The Hall–Kier alpha value is -2.93. The van der Waals surface area contributed by atoms with Gasteiger partial charge in [-0.2, -0.15) is 18.2 Å². The molecule has 21 heteroatoms. The van der Waals surface area contributed by atoms with E-state index in [4.69, 9.17) is 67.5 Å². The first-order valence-corrected chi connectivity index (χ1v) is 14.9. The predicted molar refractivity (Wildman–Crippen MR) is 177 cm³/mol. The Labute approximate surface area is 286 Å². The van der Waals surface area contributed by atoms with E-state index in [9.17, 15) is 14.0 Å². The van der Waals surface area contributed by atoms with Gasteiger partial charge in [0.1, 0.15) is 17.5 Å². The summed E-state index contributed by atoms with van der Waals surface area (Å²) in [5, 5.41) is -11.9. The highest BCUT2D eigenvalue weighted by Crippen LogP contribution is 2.53. The van der Waals surface area contributed by atoms with E-state index in [1.54, 1.807) is 0 Å². The minimum Gasteiger partial charge on any atom is -0.380 e. The first kappa shape index (κ1) is 34.9. The molecule has 1 spiro atoms. The number of ether oxygens (including phenoxy) is 1. The van der Waals surface area contributed by atoms with Crippen molar-refractivity contribution in [1.82, 2.24) is 14.5 Å². The number of alkyl halides is 3. The number of aromatic nitrogens is 2. The van der Waals surface area contributed by atoms with Crippen LogP contribution < -0.4 is 10.6 Å². The van der Waals surface area contributed by atoms with Gasteiger partial charge in [-0.15, -0.1) is 11.8 Å². The Balaban J connectivity index is 1.78. The topological polar surface area (TPSA) is 67.7 Å². The largest absolute Gasteiger partial charge is 0.417 e. The van der Waals surface area contributed by atoms with Crippen LogP contribution >= 0.6 is 11.8 Å². The van der Waals surface area contributed by atoms with E-state index in [0.29, 0.717) is 28.0 Å². The van der Waals surface area contributed by atoms with Crippen molar-refractivity contribution < 1.29 is 31.5 Å². The Morgan fingerprint density at radius 1 is 0.979 bits per heavy atom.